The van der Waals surface area contributed by atoms with Crippen LogP contribution in [0.3, 0.4) is 0 Å². The van der Waals surface area contributed by atoms with Crippen molar-refractivity contribution in [1.29, 1.82) is 0 Å². The summed E-state index contributed by atoms with van der Waals surface area (Å²) in [7, 11) is -1.19. The van der Waals surface area contributed by atoms with Crippen LogP contribution in [0.5, 0.6) is 0 Å². The van der Waals surface area contributed by atoms with Crippen LogP contribution >= 0.6 is 0 Å². The molecule has 0 aliphatic carbocycles. The van der Waals surface area contributed by atoms with Gasteiger partial charge in [-0.1, -0.05) is 30.3 Å². The zero-order valence-corrected chi connectivity index (χ0v) is 13.4. The van der Waals surface area contributed by atoms with Gasteiger partial charge in [0, 0.05) is 19.6 Å². The van der Waals surface area contributed by atoms with Gasteiger partial charge in [-0.05, 0) is 32.0 Å². The van der Waals surface area contributed by atoms with E-state index in [1.165, 1.54) is 0 Å². The Balaban J connectivity index is 2.18. The third-order valence-corrected chi connectivity index (χ3v) is 5.89. The normalized spacial score (nSPS) is 21.5. The molecule has 1 fully saturated rings. The Morgan fingerprint density at radius 3 is 2.57 bits per heavy atom. The van der Waals surface area contributed by atoms with E-state index in [4.69, 9.17) is 5.73 Å². The number of hydrogen-bond acceptors (Lipinski definition) is 4. The number of unbranched alkanes of at least 4 members (excludes halogenated alkanes) is 1. The lowest BCUT2D eigenvalue weighted by atomic mass is 10.1. The van der Waals surface area contributed by atoms with Gasteiger partial charge in [0.15, 0.2) is 0 Å². The van der Waals surface area contributed by atoms with E-state index >= 15 is 0 Å². The second kappa shape index (κ2) is 7.35. The molecular formula is C15H25N3O2S. The van der Waals surface area contributed by atoms with Crippen LogP contribution in [-0.2, 0) is 10.0 Å². The van der Waals surface area contributed by atoms with Crippen molar-refractivity contribution in [3.8, 4) is 0 Å². The van der Waals surface area contributed by atoms with E-state index in [0.717, 1.165) is 25.1 Å². The molecule has 1 aromatic carbocycles. The molecule has 21 heavy (non-hydrogen) atoms. The van der Waals surface area contributed by atoms with Crippen LogP contribution in [0.25, 0.3) is 0 Å². The predicted molar refractivity (Wildman–Crippen MR) is 85.5 cm³/mol. The average molecular weight is 311 g/mol. The van der Waals surface area contributed by atoms with Crippen LogP contribution in [0, 0.1) is 0 Å². The number of piperazine rings is 1. The van der Waals surface area contributed by atoms with Crippen molar-refractivity contribution in [2.75, 3.05) is 39.0 Å². The van der Waals surface area contributed by atoms with E-state index < -0.39 is 10.0 Å². The van der Waals surface area contributed by atoms with Crippen LogP contribution in [0.2, 0.25) is 0 Å². The molecule has 0 radical (unpaired) electrons. The van der Waals surface area contributed by atoms with Gasteiger partial charge in [-0.15, -0.1) is 0 Å². The lowest BCUT2D eigenvalue weighted by Crippen LogP contribution is -2.49. The Kier molecular flexibility index (Phi) is 5.75. The van der Waals surface area contributed by atoms with E-state index in [-0.39, 0.29) is 11.8 Å². The number of nitrogens with zero attached hydrogens (tertiary/aromatic N) is 2. The van der Waals surface area contributed by atoms with Crippen molar-refractivity contribution in [3.05, 3.63) is 35.9 Å². The van der Waals surface area contributed by atoms with E-state index in [0.29, 0.717) is 19.5 Å². The largest absolute Gasteiger partial charge is 0.330 e. The van der Waals surface area contributed by atoms with Gasteiger partial charge in [0.25, 0.3) is 0 Å². The zero-order chi connectivity index (χ0) is 15.3. The SMILES string of the molecule is CN1CCN(S(=O)(=O)CCCCN)C(c2ccccc2)C1. The fraction of sp³-hybridized carbons (Fsp3) is 0.600. The van der Waals surface area contributed by atoms with Gasteiger partial charge in [-0.25, -0.2) is 8.42 Å². The van der Waals surface area contributed by atoms with Crippen molar-refractivity contribution in [3.63, 3.8) is 0 Å². The Bertz CT molecular complexity index is 533. The van der Waals surface area contributed by atoms with Crippen molar-refractivity contribution in [2.45, 2.75) is 18.9 Å². The van der Waals surface area contributed by atoms with Crippen molar-refractivity contribution >= 4 is 10.0 Å². The third kappa shape index (κ3) is 4.26. The number of benzene rings is 1. The predicted octanol–water partition coefficient (Wildman–Crippen LogP) is 1.04. The molecule has 1 aliphatic heterocycles. The molecule has 0 saturated carbocycles. The minimum atomic E-state index is -3.23. The van der Waals surface area contributed by atoms with Crippen LogP contribution in [0.4, 0.5) is 0 Å². The number of hydrogen-bond donors (Lipinski definition) is 1. The molecule has 1 heterocycles. The van der Waals surface area contributed by atoms with Gasteiger partial charge < -0.3 is 10.6 Å². The van der Waals surface area contributed by atoms with Gasteiger partial charge in [-0.2, -0.15) is 4.31 Å². The molecule has 6 heteroatoms. The van der Waals surface area contributed by atoms with Crippen molar-refractivity contribution in [1.82, 2.24) is 9.21 Å². The van der Waals surface area contributed by atoms with Gasteiger partial charge in [0.05, 0.1) is 11.8 Å². The summed E-state index contributed by atoms with van der Waals surface area (Å²) in [5.41, 5.74) is 6.52. The van der Waals surface area contributed by atoms with Crippen molar-refractivity contribution in [2.24, 2.45) is 5.73 Å². The van der Waals surface area contributed by atoms with Gasteiger partial charge >= 0.3 is 0 Å². The molecule has 1 aromatic rings. The summed E-state index contributed by atoms with van der Waals surface area (Å²) < 4.78 is 26.9. The number of nitrogens with two attached hydrogens (primary N) is 1. The van der Waals surface area contributed by atoms with Crippen LogP contribution in [0.15, 0.2) is 30.3 Å². The topological polar surface area (TPSA) is 66.6 Å². The van der Waals surface area contributed by atoms with E-state index in [1.54, 1.807) is 4.31 Å². The summed E-state index contributed by atoms with van der Waals surface area (Å²) >= 11 is 0. The summed E-state index contributed by atoms with van der Waals surface area (Å²) in [5.74, 6) is 0.192. The highest BCUT2D eigenvalue weighted by Crippen LogP contribution is 2.28. The molecule has 0 spiro atoms. The molecule has 0 amide bonds. The summed E-state index contributed by atoms with van der Waals surface area (Å²) in [5, 5.41) is 0. The fourth-order valence-electron chi connectivity index (χ4n) is 2.73. The first-order valence-corrected chi connectivity index (χ1v) is 9.08. The van der Waals surface area contributed by atoms with E-state index in [9.17, 15) is 8.42 Å². The highest BCUT2D eigenvalue weighted by molar-refractivity contribution is 7.89. The average Bonchev–Trinajstić information content (AvgIpc) is 2.48. The van der Waals surface area contributed by atoms with Crippen LogP contribution in [-0.4, -0.2) is 56.6 Å². The zero-order valence-electron chi connectivity index (χ0n) is 12.6. The standard InChI is InChI=1S/C15H25N3O2S/c1-17-10-11-18(21(19,20)12-6-5-9-16)15(13-17)14-7-3-2-4-8-14/h2-4,7-8,15H,5-6,9-13,16H2,1H3. The molecule has 2 rings (SSSR count). The summed E-state index contributed by atoms with van der Waals surface area (Å²) in [6, 6.07) is 9.80. The lowest BCUT2D eigenvalue weighted by Gasteiger charge is -2.39. The van der Waals surface area contributed by atoms with Crippen LogP contribution in [0.1, 0.15) is 24.4 Å². The molecular weight excluding hydrogens is 286 g/mol. The Labute approximate surface area is 127 Å². The van der Waals surface area contributed by atoms with Crippen LogP contribution < -0.4 is 5.73 Å². The fourth-order valence-corrected chi connectivity index (χ4v) is 4.47. The maximum Gasteiger partial charge on any atom is 0.214 e. The highest BCUT2D eigenvalue weighted by Gasteiger charge is 2.34. The minimum absolute atomic E-state index is 0.0900. The number of sulfonamides is 1. The maximum absolute atomic E-state index is 12.6. The molecule has 5 nitrogen and oxygen atoms in total. The smallest absolute Gasteiger partial charge is 0.214 e. The molecule has 2 N–H and O–H groups in total. The quantitative estimate of drug-likeness (QED) is 0.797. The lowest BCUT2D eigenvalue weighted by molar-refractivity contribution is 0.160. The molecule has 1 unspecified atom stereocenters. The Morgan fingerprint density at radius 2 is 1.90 bits per heavy atom. The van der Waals surface area contributed by atoms with Crippen molar-refractivity contribution < 1.29 is 8.42 Å². The summed E-state index contributed by atoms with van der Waals surface area (Å²) in [4.78, 5) is 2.18. The molecule has 1 atom stereocenters. The summed E-state index contributed by atoms with van der Waals surface area (Å²) in [6.07, 6.45) is 1.38. The molecule has 1 aliphatic rings. The second-order valence-corrected chi connectivity index (χ2v) is 7.65. The Hall–Kier alpha value is -0.950. The second-order valence-electron chi connectivity index (χ2n) is 5.61. The van der Waals surface area contributed by atoms with Gasteiger partial charge in [0.2, 0.25) is 10.0 Å². The monoisotopic (exact) mass is 311 g/mol. The van der Waals surface area contributed by atoms with E-state index in [1.807, 2.05) is 37.4 Å². The Morgan fingerprint density at radius 1 is 1.19 bits per heavy atom. The number of likely N-dealkylation sites (N-methyl/N-ethyl adjacent to an activating group) is 1. The first-order chi connectivity index (χ1) is 10.0. The first-order valence-electron chi connectivity index (χ1n) is 7.47. The minimum Gasteiger partial charge on any atom is -0.330 e. The first kappa shape index (κ1) is 16.4. The van der Waals surface area contributed by atoms with E-state index in [2.05, 4.69) is 4.90 Å². The maximum atomic E-state index is 12.6. The number of rotatable bonds is 6. The van der Waals surface area contributed by atoms with Gasteiger partial charge in [0.1, 0.15) is 0 Å². The molecule has 0 aromatic heterocycles. The van der Waals surface area contributed by atoms with Gasteiger partial charge in [-0.3, -0.25) is 0 Å². The molecule has 118 valence electrons. The summed E-state index contributed by atoms with van der Waals surface area (Å²) in [6.45, 7) is 2.61. The molecule has 0 bridgehead atoms. The highest BCUT2D eigenvalue weighted by atomic mass is 32.2. The third-order valence-electron chi connectivity index (χ3n) is 3.93. The molecule has 1 saturated heterocycles.